The van der Waals surface area contributed by atoms with Gasteiger partial charge in [-0.15, -0.1) is 0 Å². The topological polar surface area (TPSA) is 42.2 Å². The Kier molecular flexibility index (Phi) is 3.95. The van der Waals surface area contributed by atoms with Crippen LogP contribution in [0.15, 0.2) is 30.3 Å². The molecule has 0 atom stereocenters. The number of nitriles is 1. The molecule has 0 aliphatic heterocycles. The minimum absolute atomic E-state index is 0.583. The fourth-order valence-corrected chi connectivity index (χ4v) is 2.48. The molecule has 20 heavy (non-hydrogen) atoms. The van der Waals surface area contributed by atoms with Gasteiger partial charge in [0.2, 0.25) is 0 Å². The number of aryl methyl sites for hydroxylation is 2. The number of hydrogen-bond acceptors (Lipinski definition) is 3. The molecule has 0 saturated carbocycles. The summed E-state index contributed by atoms with van der Waals surface area (Å²) in [6, 6.07) is 11.8. The third-order valence-corrected chi connectivity index (χ3v) is 3.40. The Hall–Kier alpha value is -2.47. The number of ether oxygens (including phenoxy) is 2. The van der Waals surface area contributed by atoms with Crippen molar-refractivity contribution in [1.82, 2.24) is 0 Å². The number of nitrogens with zero attached hydrogens (tertiary/aromatic N) is 1. The van der Waals surface area contributed by atoms with Crippen LogP contribution in [0.2, 0.25) is 0 Å². The highest BCUT2D eigenvalue weighted by molar-refractivity contribution is 5.83. The molecule has 0 unspecified atom stereocenters. The van der Waals surface area contributed by atoms with Crippen LogP contribution >= 0.6 is 0 Å². The summed E-state index contributed by atoms with van der Waals surface area (Å²) < 4.78 is 10.8. The molecule has 0 saturated heterocycles. The lowest BCUT2D eigenvalue weighted by Gasteiger charge is -2.17. The van der Waals surface area contributed by atoms with E-state index in [1.165, 1.54) is 0 Å². The first-order valence-electron chi connectivity index (χ1n) is 6.35. The average Bonchev–Trinajstić information content (AvgIpc) is 2.46. The molecule has 0 fully saturated rings. The fourth-order valence-electron chi connectivity index (χ4n) is 2.48. The number of benzene rings is 2. The predicted molar refractivity (Wildman–Crippen MR) is 79.2 cm³/mol. The van der Waals surface area contributed by atoms with Gasteiger partial charge in [-0.3, -0.25) is 0 Å². The van der Waals surface area contributed by atoms with E-state index in [0.29, 0.717) is 17.1 Å². The van der Waals surface area contributed by atoms with Crippen LogP contribution in [0.4, 0.5) is 0 Å². The van der Waals surface area contributed by atoms with E-state index in [2.05, 4.69) is 6.07 Å². The van der Waals surface area contributed by atoms with E-state index in [4.69, 9.17) is 9.47 Å². The van der Waals surface area contributed by atoms with Crippen LogP contribution in [-0.4, -0.2) is 14.2 Å². The predicted octanol–water partition coefficient (Wildman–Crippen LogP) is 3.86. The van der Waals surface area contributed by atoms with Crippen molar-refractivity contribution < 1.29 is 9.47 Å². The maximum atomic E-state index is 9.40. The molecular formula is C17H17NO2. The molecule has 3 heteroatoms. The molecule has 0 aromatic heterocycles. The second kappa shape index (κ2) is 5.66. The van der Waals surface area contributed by atoms with Crippen molar-refractivity contribution in [2.24, 2.45) is 0 Å². The summed E-state index contributed by atoms with van der Waals surface area (Å²) in [5, 5.41) is 9.40. The Balaban J connectivity index is 2.88. The Labute approximate surface area is 119 Å². The van der Waals surface area contributed by atoms with Crippen LogP contribution in [0.1, 0.15) is 16.7 Å². The second-order valence-electron chi connectivity index (χ2n) is 4.60. The van der Waals surface area contributed by atoms with Gasteiger partial charge in [0.15, 0.2) is 11.5 Å². The molecule has 0 aliphatic rings. The van der Waals surface area contributed by atoms with Crippen LogP contribution < -0.4 is 9.47 Å². The number of hydrogen-bond donors (Lipinski definition) is 0. The van der Waals surface area contributed by atoms with Crippen LogP contribution in [0.25, 0.3) is 11.1 Å². The van der Waals surface area contributed by atoms with Gasteiger partial charge in [-0.05, 0) is 42.7 Å². The highest BCUT2D eigenvalue weighted by Crippen LogP contribution is 2.42. The number of rotatable bonds is 3. The smallest absolute Gasteiger partial charge is 0.169 e. The Morgan fingerprint density at radius 3 is 2.05 bits per heavy atom. The van der Waals surface area contributed by atoms with Crippen molar-refractivity contribution in [3.63, 3.8) is 0 Å². The molecule has 2 aromatic rings. The molecule has 0 bridgehead atoms. The van der Waals surface area contributed by atoms with Crippen molar-refractivity contribution in [3.05, 3.63) is 47.0 Å². The van der Waals surface area contributed by atoms with E-state index in [9.17, 15) is 5.26 Å². The minimum atomic E-state index is 0.583. The first-order valence-corrected chi connectivity index (χ1v) is 6.35. The van der Waals surface area contributed by atoms with Crippen molar-refractivity contribution in [2.45, 2.75) is 13.8 Å². The summed E-state index contributed by atoms with van der Waals surface area (Å²) >= 11 is 0. The van der Waals surface area contributed by atoms with E-state index < -0.39 is 0 Å². The lowest BCUT2D eigenvalue weighted by atomic mass is 9.91. The second-order valence-corrected chi connectivity index (χ2v) is 4.60. The summed E-state index contributed by atoms with van der Waals surface area (Å²) in [6.45, 7) is 4.06. The first kappa shape index (κ1) is 14.0. The lowest BCUT2D eigenvalue weighted by molar-refractivity contribution is 0.356. The zero-order valence-corrected chi connectivity index (χ0v) is 12.2. The minimum Gasteiger partial charge on any atom is -0.493 e. The molecule has 0 heterocycles. The van der Waals surface area contributed by atoms with Crippen molar-refractivity contribution in [3.8, 4) is 28.7 Å². The molecule has 2 rings (SSSR count). The molecule has 2 aromatic carbocycles. The maximum absolute atomic E-state index is 9.40. The maximum Gasteiger partial charge on any atom is 0.169 e. The molecule has 3 nitrogen and oxygen atoms in total. The van der Waals surface area contributed by atoms with Crippen molar-refractivity contribution in [2.75, 3.05) is 14.2 Å². The summed E-state index contributed by atoms with van der Waals surface area (Å²) in [5.74, 6) is 1.23. The van der Waals surface area contributed by atoms with Gasteiger partial charge < -0.3 is 9.47 Å². The molecule has 0 spiro atoms. The quantitative estimate of drug-likeness (QED) is 0.848. The van der Waals surface area contributed by atoms with E-state index in [-0.39, 0.29) is 0 Å². The van der Waals surface area contributed by atoms with Crippen LogP contribution in [0.5, 0.6) is 11.5 Å². The number of methoxy groups -OCH3 is 2. The summed E-state index contributed by atoms with van der Waals surface area (Å²) in [7, 11) is 3.19. The highest BCUT2D eigenvalue weighted by atomic mass is 16.5. The van der Waals surface area contributed by atoms with E-state index >= 15 is 0 Å². The van der Waals surface area contributed by atoms with Gasteiger partial charge in [-0.2, -0.15) is 5.26 Å². The van der Waals surface area contributed by atoms with Crippen LogP contribution in [0.3, 0.4) is 0 Å². The zero-order chi connectivity index (χ0) is 14.7. The van der Waals surface area contributed by atoms with Gasteiger partial charge >= 0.3 is 0 Å². The average molecular weight is 267 g/mol. The summed E-state index contributed by atoms with van der Waals surface area (Å²) in [5.41, 5.74) is 4.62. The largest absolute Gasteiger partial charge is 0.493 e. The molecule has 0 amide bonds. The highest BCUT2D eigenvalue weighted by Gasteiger charge is 2.19. The zero-order valence-electron chi connectivity index (χ0n) is 12.2. The monoisotopic (exact) mass is 267 g/mol. The van der Waals surface area contributed by atoms with Crippen molar-refractivity contribution >= 4 is 0 Å². The fraction of sp³-hybridized carbons (Fsp3) is 0.235. The summed E-state index contributed by atoms with van der Waals surface area (Å²) in [6.07, 6.45) is 0. The van der Waals surface area contributed by atoms with Gasteiger partial charge in [-0.25, -0.2) is 0 Å². The Morgan fingerprint density at radius 1 is 0.900 bits per heavy atom. The van der Waals surface area contributed by atoms with Gasteiger partial charge in [0.05, 0.1) is 25.9 Å². The van der Waals surface area contributed by atoms with Crippen molar-refractivity contribution in [1.29, 1.82) is 5.26 Å². The molecule has 102 valence electrons. The standard InChI is InChI=1S/C17H17NO2/c1-11-6-5-7-12(2)15(11)16-13(10-18)8-9-14(19-3)17(16)20-4/h5-9H,1-4H3. The van der Waals surface area contributed by atoms with Crippen LogP contribution in [-0.2, 0) is 0 Å². The van der Waals surface area contributed by atoms with E-state index in [1.807, 2.05) is 32.0 Å². The third kappa shape index (κ3) is 2.21. The Bertz CT molecular complexity index is 664. The van der Waals surface area contributed by atoms with Gasteiger partial charge in [0, 0.05) is 5.56 Å². The lowest BCUT2D eigenvalue weighted by Crippen LogP contribution is -1.98. The SMILES string of the molecule is COc1ccc(C#N)c(-c2c(C)cccc2C)c1OC. The molecular weight excluding hydrogens is 250 g/mol. The van der Waals surface area contributed by atoms with Crippen LogP contribution in [0, 0.1) is 25.2 Å². The van der Waals surface area contributed by atoms with Gasteiger partial charge in [0.25, 0.3) is 0 Å². The molecule has 0 aliphatic carbocycles. The molecule has 0 radical (unpaired) electrons. The van der Waals surface area contributed by atoms with Gasteiger partial charge in [0.1, 0.15) is 0 Å². The summed E-state index contributed by atoms with van der Waals surface area (Å²) in [4.78, 5) is 0. The third-order valence-electron chi connectivity index (χ3n) is 3.40. The first-order chi connectivity index (χ1) is 9.63. The normalized spacial score (nSPS) is 9.95. The molecule has 0 N–H and O–H groups in total. The Morgan fingerprint density at radius 2 is 1.55 bits per heavy atom. The van der Waals surface area contributed by atoms with E-state index in [0.717, 1.165) is 22.3 Å². The van der Waals surface area contributed by atoms with E-state index in [1.54, 1.807) is 26.4 Å². The van der Waals surface area contributed by atoms with Gasteiger partial charge in [-0.1, -0.05) is 18.2 Å².